The molecule has 0 saturated heterocycles. The maximum atomic E-state index is 8.82. The van der Waals surface area contributed by atoms with Crippen LogP contribution in [0, 0.1) is 0 Å². The summed E-state index contributed by atoms with van der Waals surface area (Å²) in [5, 5.41) is 17.0. The number of nitrogens with zero attached hydrogens (tertiary/aromatic N) is 2. The van der Waals surface area contributed by atoms with E-state index in [1.54, 1.807) is 12.1 Å². The highest BCUT2D eigenvalue weighted by Crippen LogP contribution is 2.33. The molecule has 3 rings (SSSR count). The number of halogens is 1. The Labute approximate surface area is 119 Å². The van der Waals surface area contributed by atoms with Gasteiger partial charge >= 0.3 is 0 Å². The second-order valence-corrected chi connectivity index (χ2v) is 4.56. The van der Waals surface area contributed by atoms with Gasteiger partial charge in [-0.2, -0.15) is 0 Å². The third-order valence-corrected chi connectivity index (χ3v) is 3.19. The fraction of sp³-hybridized carbons (Fsp3) is 0.143. The molecular formula is C14H11ClN2O3. The van der Waals surface area contributed by atoms with Gasteiger partial charge in [0.15, 0.2) is 0 Å². The molecule has 0 saturated carbocycles. The predicted octanol–water partition coefficient (Wildman–Crippen LogP) is 2.91. The Balaban J connectivity index is 2.07. The first-order chi connectivity index (χ1) is 9.79. The molecule has 0 spiro atoms. The van der Waals surface area contributed by atoms with Crippen molar-refractivity contribution in [2.75, 3.05) is 13.2 Å². The van der Waals surface area contributed by atoms with Crippen molar-refractivity contribution < 1.29 is 14.5 Å². The Hall–Kier alpha value is -2.11. The number of aromatic nitrogens is 2. The van der Waals surface area contributed by atoms with Crippen molar-refractivity contribution in [2.24, 2.45) is 0 Å². The quantitative estimate of drug-likeness (QED) is 0.800. The van der Waals surface area contributed by atoms with Crippen LogP contribution in [0.2, 0.25) is 5.02 Å². The van der Waals surface area contributed by atoms with Gasteiger partial charge in [-0.3, -0.25) is 0 Å². The van der Waals surface area contributed by atoms with E-state index in [0.29, 0.717) is 21.8 Å². The maximum Gasteiger partial charge on any atom is 0.143 e. The zero-order valence-corrected chi connectivity index (χ0v) is 11.2. The van der Waals surface area contributed by atoms with Crippen LogP contribution < -0.4 is 4.74 Å². The van der Waals surface area contributed by atoms with Crippen LogP contribution in [0.4, 0.5) is 0 Å². The number of hydrogen-bond acceptors (Lipinski definition) is 5. The summed E-state index contributed by atoms with van der Waals surface area (Å²) < 4.78 is 10.2. The van der Waals surface area contributed by atoms with Crippen LogP contribution in [0.3, 0.4) is 0 Å². The second kappa shape index (κ2) is 5.48. The molecule has 0 atom stereocenters. The van der Waals surface area contributed by atoms with Crippen molar-refractivity contribution in [1.82, 2.24) is 10.3 Å². The minimum absolute atomic E-state index is 0.0661. The first-order valence-electron chi connectivity index (χ1n) is 6.04. The summed E-state index contributed by atoms with van der Waals surface area (Å²) in [5.41, 5.74) is 3.15. The molecule has 1 aromatic heterocycles. The summed E-state index contributed by atoms with van der Waals surface area (Å²) in [6.45, 7) is 0.127. The van der Waals surface area contributed by atoms with Crippen molar-refractivity contribution in [1.29, 1.82) is 0 Å². The lowest BCUT2D eigenvalue weighted by molar-refractivity contribution is 0.201. The van der Waals surface area contributed by atoms with E-state index >= 15 is 0 Å². The molecule has 0 amide bonds. The highest BCUT2D eigenvalue weighted by atomic mass is 35.5. The molecule has 0 aliphatic carbocycles. The molecule has 1 heterocycles. The normalized spacial score (nSPS) is 10.9. The third-order valence-electron chi connectivity index (χ3n) is 2.88. The van der Waals surface area contributed by atoms with E-state index in [9.17, 15) is 0 Å². The zero-order chi connectivity index (χ0) is 13.9. The molecule has 0 bridgehead atoms. The average Bonchev–Trinajstić information content (AvgIpc) is 2.95. The molecule has 0 radical (unpaired) electrons. The van der Waals surface area contributed by atoms with Crippen LogP contribution in [0.15, 0.2) is 41.0 Å². The summed E-state index contributed by atoms with van der Waals surface area (Å²) in [6, 6.07) is 11.1. The number of rotatable bonds is 4. The Morgan fingerprint density at radius 1 is 1.20 bits per heavy atom. The van der Waals surface area contributed by atoms with E-state index in [4.69, 9.17) is 26.1 Å². The highest BCUT2D eigenvalue weighted by molar-refractivity contribution is 6.32. The monoisotopic (exact) mass is 290 g/mol. The highest BCUT2D eigenvalue weighted by Gasteiger charge is 2.11. The molecule has 3 aromatic rings. The molecule has 2 aromatic carbocycles. The molecule has 20 heavy (non-hydrogen) atoms. The van der Waals surface area contributed by atoms with E-state index in [0.717, 1.165) is 11.1 Å². The molecule has 0 fully saturated rings. The molecule has 1 N–H and O–H groups in total. The minimum Gasteiger partial charge on any atom is -0.490 e. The molecular weight excluding hydrogens is 280 g/mol. The summed E-state index contributed by atoms with van der Waals surface area (Å²) in [7, 11) is 0. The van der Waals surface area contributed by atoms with Crippen molar-refractivity contribution >= 4 is 22.6 Å². The van der Waals surface area contributed by atoms with Crippen LogP contribution in [-0.2, 0) is 0 Å². The first-order valence-corrected chi connectivity index (χ1v) is 6.42. The molecule has 0 unspecified atom stereocenters. The summed E-state index contributed by atoms with van der Waals surface area (Å²) >= 11 is 6.06. The zero-order valence-electron chi connectivity index (χ0n) is 10.4. The number of aliphatic hydroxyl groups is 1. The number of fused-ring (bicyclic) bond motifs is 1. The van der Waals surface area contributed by atoms with E-state index < -0.39 is 0 Å². The molecule has 6 heteroatoms. The van der Waals surface area contributed by atoms with Crippen LogP contribution in [-0.4, -0.2) is 28.6 Å². The van der Waals surface area contributed by atoms with Gasteiger partial charge in [0, 0.05) is 5.56 Å². The fourth-order valence-corrected chi connectivity index (χ4v) is 2.15. The van der Waals surface area contributed by atoms with Gasteiger partial charge in [-0.05, 0) is 34.1 Å². The van der Waals surface area contributed by atoms with Gasteiger partial charge in [-0.25, -0.2) is 4.63 Å². The lowest BCUT2D eigenvalue weighted by Gasteiger charge is -2.09. The van der Waals surface area contributed by atoms with Crippen LogP contribution >= 0.6 is 11.6 Å². The van der Waals surface area contributed by atoms with Crippen molar-refractivity contribution in [2.45, 2.75) is 0 Å². The van der Waals surface area contributed by atoms with Gasteiger partial charge in [0.25, 0.3) is 0 Å². The largest absolute Gasteiger partial charge is 0.490 e. The first kappa shape index (κ1) is 12.9. The van der Waals surface area contributed by atoms with Crippen molar-refractivity contribution in [3.8, 4) is 16.9 Å². The molecule has 0 aliphatic heterocycles. The Bertz CT molecular complexity index is 742. The SMILES string of the molecule is OCCOc1cc(-c2cccc3nonc23)ccc1Cl. The smallest absolute Gasteiger partial charge is 0.143 e. The number of benzene rings is 2. The van der Waals surface area contributed by atoms with Gasteiger partial charge in [-0.1, -0.05) is 29.8 Å². The van der Waals surface area contributed by atoms with E-state index in [1.165, 1.54) is 0 Å². The van der Waals surface area contributed by atoms with Gasteiger partial charge in [0.2, 0.25) is 0 Å². The van der Waals surface area contributed by atoms with Gasteiger partial charge in [0.05, 0.1) is 11.6 Å². The Morgan fingerprint density at radius 2 is 2.10 bits per heavy atom. The molecule has 0 aliphatic rings. The standard InChI is InChI=1S/C14H11ClN2O3/c15-11-5-4-9(8-13(11)19-7-6-18)10-2-1-3-12-14(10)17-20-16-12/h1-5,8,18H,6-7H2. The number of aliphatic hydroxyl groups excluding tert-OH is 1. The third kappa shape index (κ3) is 2.33. The van der Waals surface area contributed by atoms with E-state index in [2.05, 4.69) is 10.3 Å². The van der Waals surface area contributed by atoms with E-state index in [-0.39, 0.29) is 13.2 Å². The molecule has 102 valence electrons. The van der Waals surface area contributed by atoms with E-state index in [1.807, 2.05) is 24.3 Å². The Kier molecular flexibility index (Phi) is 3.54. The average molecular weight is 291 g/mol. The number of hydrogen-bond donors (Lipinski definition) is 1. The summed E-state index contributed by atoms with van der Waals surface area (Å²) in [5.74, 6) is 0.520. The maximum absolute atomic E-state index is 8.82. The predicted molar refractivity (Wildman–Crippen MR) is 74.8 cm³/mol. The van der Waals surface area contributed by atoms with Gasteiger partial charge in [0.1, 0.15) is 23.4 Å². The summed E-state index contributed by atoms with van der Waals surface area (Å²) in [4.78, 5) is 0. The Morgan fingerprint density at radius 3 is 2.95 bits per heavy atom. The van der Waals surface area contributed by atoms with Crippen LogP contribution in [0.5, 0.6) is 5.75 Å². The van der Waals surface area contributed by atoms with Crippen molar-refractivity contribution in [3.05, 3.63) is 41.4 Å². The van der Waals surface area contributed by atoms with Crippen molar-refractivity contribution in [3.63, 3.8) is 0 Å². The number of ether oxygens (including phenoxy) is 1. The fourth-order valence-electron chi connectivity index (χ4n) is 1.98. The second-order valence-electron chi connectivity index (χ2n) is 4.15. The lowest BCUT2D eigenvalue weighted by Crippen LogP contribution is -2.02. The lowest BCUT2D eigenvalue weighted by atomic mass is 10.0. The van der Waals surface area contributed by atoms with Crippen LogP contribution in [0.1, 0.15) is 0 Å². The topological polar surface area (TPSA) is 68.4 Å². The van der Waals surface area contributed by atoms with Gasteiger partial charge in [-0.15, -0.1) is 0 Å². The van der Waals surface area contributed by atoms with Gasteiger partial charge < -0.3 is 9.84 Å². The van der Waals surface area contributed by atoms with Crippen LogP contribution in [0.25, 0.3) is 22.2 Å². The molecule has 5 nitrogen and oxygen atoms in total. The summed E-state index contributed by atoms with van der Waals surface area (Å²) in [6.07, 6.45) is 0. The minimum atomic E-state index is -0.0661.